The standard InChI is InChI=1S/3C24H20AsI/c3*26-25(21-13-5-1-6-14-21,22-15-7-2-8-16-22,23-17-9-3-10-18-23)24-19-11-4-12-20-24/h3*1-20H. The first-order chi connectivity index (χ1) is 38.2. The molecule has 0 N–H and O–H groups in total. The van der Waals surface area contributed by atoms with Gasteiger partial charge in [0, 0.05) is 0 Å². The molecule has 12 rings (SSSR count). The van der Waals surface area contributed by atoms with E-state index in [-0.39, 0.29) is 0 Å². The molecule has 0 amide bonds. The number of halogens is 3. The van der Waals surface area contributed by atoms with Crippen LogP contribution >= 0.6 is 60.4 Å². The molecule has 12 aromatic carbocycles. The Kier molecular flexibility index (Phi) is 17.5. The normalized spacial score (nSPS) is 12.9. The van der Waals surface area contributed by atoms with Crippen LogP contribution in [0.4, 0.5) is 0 Å². The van der Waals surface area contributed by atoms with Crippen molar-refractivity contribution >= 4 is 140 Å². The van der Waals surface area contributed by atoms with E-state index in [1.54, 1.807) is 0 Å². The first-order valence-corrected chi connectivity index (χ1v) is 54.5. The predicted octanol–water partition coefficient (Wildman–Crippen LogP) is 11.8. The van der Waals surface area contributed by atoms with Crippen LogP contribution in [-0.2, 0) is 0 Å². The molecule has 0 fully saturated rings. The van der Waals surface area contributed by atoms with E-state index >= 15 is 0 Å². The molecule has 0 nitrogen and oxygen atoms in total. The van der Waals surface area contributed by atoms with Crippen LogP contribution in [0, 0.1) is 0 Å². The predicted molar refractivity (Wildman–Crippen MR) is 372 cm³/mol. The molecule has 0 aromatic heterocycles. The van der Waals surface area contributed by atoms with E-state index in [9.17, 15) is 0 Å². The van der Waals surface area contributed by atoms with Crippen molar-refractivity contribution in [3.8, 4) is 0 Å². The summed E-state index contributed by atoms with van der Waals surface area (Å²) in [4.78, 5) is 0. The fraction of sp³-hybridized carbons (Fsp3) is 0. The minimum absolute atomic E-state index is 1.43. The number of hydrogen-bond acceptors (Lipinski definition) is 0. The van der Waals surface area contributed by atoms with Gasteiger partial charge in [0.1, 0.15) is 0 Å². The van der Waals surface area contributed by atoms with Gasteiger partial charge in [0.25, 0.3) is 0 Å². The minimum atomic E-state index is -3.58. The summed E-state index contributed by atoms with van der Waals surface area (Å²) in [7, 11) is -10.8. The van der Waals surface area contributed by atoms with Crippen molar-refractivity contribution in [3.63, 3.8) is 0 Å². The average Bonchev–Trinajstić information content (AvgIpc) is 3.74. The van der Waals surface area contributed by atoms with Gasteiger partial charge in [-0.1, -0.05) is 0 Å². The Morgan fingerprint density at radius 1 is 0.115 bits per heavy atom. The summed E-state index contributed by atoms with van der Waals surface area (Å²) in [6.45, 7) is 0. The van der Waals surface area contributed by atoms with Gasteiger partial charge in [0.2, 0.25) is 0 Å². The summed E-state index contributed by atoms with van der Waals surface area (Å²) >= 11 is 8.55. The van der Waals surface area contributed by atoms with Crippen molar-refractivity contribution < 1.29 is 0 Å². The number of rotatable bonds is 12. The van der Waals surface area contributed by atoms with Crippen molar-refractivity contribution in [3.05, 3.63) is 364 Å². The molecule has 0 aliphatic rings. The quantitative estimate of drug-likeness (QED) is 0.0845. The molecule has 78 heavy (non-hydrogen) atoms. The van der Waals surface area contributed by atoms with Crippen LogP contribution < -0.4 is 52.2 Å². The van der Waals surface area contributed by atoms with E-state index < -0.39 is 27.3 Å². The second kappa shape index (κ2) is 24.5. The third-order valence-electron chi connectivity index (χ3n) is 14.9. The summed E-state index contributed by atoms with van der Waals surface area (Å²) < 4.78 is 17.1. The zero-order valence-corrected chi connectivity index (χ0v) is 55.2. The Morgan fingerprint density at radius 2 is 0.179 bits per heavy atom. The van der Waals surface area contributed by atoms with E-state index in [2.05, 4.69) is 424 Å². The molecule has 0 spiro atoms. The van der Waals surface area contributed by atoms with Crippen molar-refractivity contribution in [2.45, 2.75) is 0 Å². The maximum atomic E-state index is 2.85. The molecule has 0 aliphatic carbocycles. The fourth-order valence-corrected chi connectivity index (χ4v) is 60.9. The van der Waals surface area contributed by atoms with E-state index in [1.807, 2.05) is 0 Å². The first kappa shape index (κ1) is 55.8. The topological polar surface area (TPSA) is 0 Å². The van der Waals surface area contributed by atoms with Crippen LogP contribution in [-0.4, -0.2) is 27.3 Å². The zero-order chi connectivity index (χ0) is 53.7. The van der Waals surface area contributed by atoms with Crippen LogP contribution in [0.1, 0.15) is 0 Å². The second-order valence-corrected chi connectivity index (χ2v) is 74.8. The number of benzene rings is 12. The van der Waals surface area contributed by atoms with Gasteiger partial charge in [-0.05, 0) is 0 Å². The number of hydrogen-bond donors (Lipinski definition) is 0. The average molecular weight is 1530 g/mol. The Morgan fingerprint density at radius 3 is 0.244 bits per heavy atom. The monoisotopic (exact) mass is 1530 g/mol. The van der Waals surface area contributed by atoms with Crippen LogP contribution in [0.2, 0.25) is 0 Å². The molecular formula is C72H60As3I3. The summed E-state index contributed by atoms with van der Waals surface area (Å²) in [6, 6.07) is 133. The van der Waals surface area contributed by atoms with Crippen molar-refractivity contribution in [1.82, 2.24) is 0 Å². The molecule has 384 valence electrons. The van der Waals surface area contributed by atoms with Gasteiger partial charge >= 0.3 is 504 Å². The van der Waals surface area contributed by atoms with Crippen LogP contribution in [0.25, 0.3) is 0 Å². The molecule has 0 atom stereocenters. The van der Waals surface area contributed by atoms with Gasteiger partial charge in [-0.2, -0.15) is 0 Å². The van der Waals surface area contributed by atoms with Crippen molar-refractivity contribution in [2.24, 2.45) is 0 Å². The summed E-state index contributed by atoms with van der Waals surface area (Å²) in [5.74, 6) is 0. The van der Waals surface area contributed by atoms with E-state index in [0.717, 1.165) is 0 Å². The van der Waals surface area contributed by atoms with Gasteiger partial charge in [-0.25, -0.2) is 0 Å². The van der Waals surface area contributed by atoms with Gasteiger partial charge < -0.3 is 0 Å². The molecular weight excluding hydrogens is 1470 g/mol. The maximum absolute atomic E-state index is 3.58. The van der Waals surface area contributed by atoms with Crippen molar-refractivity contribution in [1.29, 1.82) is 0 Å². The van der Waals surface area contributed by atoms with Gasteiger partial charge in [0.15, 0.2) is 0 Å². The molecule has 0 bridgehead atoms. The summed E-state index contributed by atoms with van der Waals surface area (Å²) in [6.07, 6.45) is 0. The SMILES string of the molecule is I[As](c1ccccc1)(c1ccccc1)(c1ccccc1)c1ccccc1.I[As](c1ccccc1)(c1ccccc1)(c1ccccc1)c1ccccc1.I[As](c1ccccc1)(c1ccccc1)(c1ccccc1)c1ccccc1. The zero-order valence-electron chi connectivity index (χ0n) is 43.1. The molecule has 6 heteroatoms. The van der Waals surface area contributed by atoms with Gasteiger partial charge in [0.05, 0.1) is 0 Å². The second-order valence-electron chi connectivity index (χ2n) is 19.1. The van der Waals surface area contributed by atoms with E-state index in [0.29, 0.717) is 0 Å². The Bertz CT molecular complexity index is 2850. The van der Waals surface area contributed by atoms with Crippen molar-refractivity contribution in [2.75, 3.05) is 0 Å². The molecule has 0 saturated heterocycles. The molecule has 0 radical (unpaired) electrons. The first-order valence-electron chi connectivity index (χ1n) is 26.1. The van der Waals surface area contributed by atoms with Gasteiger partial charge in [-0.15, -0.1) is 0 Å². The molecule has 0 saturated carbocycles. The molecule has 0 aliphatic heterocycles. The molecule has 12 aromatic rings. The Hall–Kier alpha value is -5.49. The van der Waals surface area contributed by atoms with Crippen LogP contribution in [0.5, 0.6) is 0 Å². The third kappa shape index (κ3) is 9.79. The van der Waals surface area contributed by atoms with E-state index in [4.69, 9.17) is 0 Å². The molecule has 0 heterocycles. The Labute approximate surface area is 497 Å². The molecule has 0 unspecified atom stereocenters. The summed E-state index contributed by atoms with van der Waals surface area (Å²) in [5, 5.41) is 0. The third-order valence-corrected chi connectivity index (χ3v) is 81.6. The van der Waals surface area contributed by atoms with E-state index in [1.165, 1.54) is 52.2 Å². The van der Waals surface area contributed by atoms with Gasteiger partial charge in [-0.3, -0.25) is 0 Å². The van der Waals surface area contributed by atoms with Crippen LogP contribution in [0.3, 0.4) is 0 Å². The van der Waals surface area contributed by atoms with Crippen LogP contribution in [0.15, 0.2) is 364 Å². The summed E-state index contributed by atoms with van der Waals surface area (Å²) in [5.41, 5.74) is 0. The fourth-order valence-electron chi connectivity index (χ4n) is 11.2. The Balaban J connectivity index is 0.000000132.